The van der Waals surface area contributed by atoms with Crippen LogP contribution in [0.2, 0.25) is 0 Å². The maximum Gasteiger partial charge on any atom is 0.352 e. The normalized spacial score (nSPS) is 28.8. The van der Waals surface area contributed by atoms with E-state index in [2.05, 4.69) is 10.2 Å². The third kappa shape index (κ3) is 4.71. The zero-order valence-corrected chi connectivity index (χ0v) is 22.9. The van der Waals surface area contributed by atoms with Crippen molar-refractivity contribution >= 4 is 23.8 Å². The van der Waals surface area contributed by atoms with Crippen molar-refractivity contribution in [1.29, 1.82) is 0 Å². The fourth-order valence-electron chi connectivity index (χ4n) is 6.77. The molecule has 13 heteroatoms. The lowest BCUT2D eigenvalue weighted by Gasteiger charge is -2.61. The van der Waals surface area contributed by atoms with Gasteiger partial charge in [0.25, 0.3) is 0 Å². The van der Waals surface area contributed by atoms with Crippen LogP contribution in [0.15, 0.2) is 24.0 Å². The molecule has 2 heterocycles. The number of ether oxygens (including phenoxy) is 3. The largest absolute Gasteiger partial charge is 0.504 e. The number of amides is 1. The van der Waals surface area contributed by atoms with Crippen molar-refractivity contribution in [3.63, 3.8) is 0 Å². The number of nitrogens with one attached hydrogen (secondary N) is 1. The average Bonchev–Trinajstić information content (AvgIpc) is 3.28. The molecule has 0 aromatic heterocycles. The predicted octanol–water partition coefficient (Wildman–Crippen LogP) is -0.157. The van der Waals surface area contributed by atoms with Crippen molar-refractivity contribution in [1.82, 2.24) is 10.2 Å². The zero-order valence-electron chi connectivity index (χ0n) is 22.9. The van der Waals surface area contributed by atoms with Crippen LogP contribution in [0.3, 0.4) is 0 Å². The number of hydrogen-bond donors (Lipinski definition) is 5. The Morgan fingerprint density at radius 1 is 1.27 bits per heavy atom. The summed E-state index contributed by atoms with van der Waals surface area (Å²) in [6.45, 7) is 1.93. The van der Waals surface area contributed by atoms with E-state index in [9.17, 15) is 29.4 Å². The number of likely N-dealkylation sites (N-methyl/N-ethyl adjacent to an activating group) is 1. The first-order valence-corrected chi connectivity index (χ1v) is 13.7. The first-order valence-electron chi connectivity index (χ1n) is 13.7. The molecule has 1 saturated heterocycles. The Labute approximate surface area is 236 Å². The Morgan fingerprint density at radius 3 is 2.76 bits per heavy atom. The van der Waals surface area contributed by atoms with Crippen LogP contribution in [0, 0.1) is 0 Å². The SMILES string of the molecule is C[C@H](OC(=O)CCNC(=O)[C@@H](N)CCC(=O)O)C(=O)OC1=CC[C@@]2(O)[C@@H]3Cc4ccc(O)c5c4[C@@]2(CCN3C)[C@H]1O5. The third-order valence-corrected chi connectivity index (χ3v) is 8.85. The number of likely N-dealkylation sites (tertiary alicyclic amines) is 1. The summed E-state index contributed by atoms with van der Waals surface area (Å²) in [7, 11) is 1.97. The molecular formula is C28H35N3O10. The number of hydrogen-bond acceptors (Lipinski definition) is 11. The molecule has 1 amide bonds. The minimum Gasteiger partial charge on any atom is -0.504 e. The lowest BCUT2D eigenvalue weighted by Crippen LogP contribution is -2.74. The molecule has 13 nitrogen and oxygen atoms in total. The maximum atomic E-state index is 13.0. The molecule has 2 bridgehead atoms. The quantitative estimate of drug-likeness (QED) is 0.232. The summed E-state index contributed by atoms with van der Waals surface area (Å²) in [6, 6.07) is 2.21. The standard InChI is InChI=1S/C28H35N3O10/c1-14(39-21(35)8-11-30-25(36)16(29)4-6-20(33)34)26(37)40-18-7-9-28(38)19-13-15-3-5-17(32)23-22(15)27(28,24(18)41-23)10-12-31(19)2/h3,5,7,14,16,19,24,32,38H,4,6,8-13,29H2,1-2H3,(H,30,36)(H,33,34)/t14-,16-,19-,24-,27-,28+/m0/s1. The van der Waals surface area contributed by atoms with E-state index in [0.717, 1.165) is 11.1 Å². The number of benzene rings is 1. The van der Waals surface area contributed by atoms with Gasteiger partial charge in [-0.25, -0.2) is 4.79 Å². The second-order valence-corrected chi connectivity index (χ2v) is 11.2. The number of piperidine rings is 1. The number of aliphatic hydroxyl groups is 1. The lowest BCUT2D eigenvalue weighted by atomic mass is 9.50. The number of carboxylic acids is 1. The molecule has 0 unspecified atom stereocenters. The topological polar surface area (TPSA) is 198 Å². The number of carboxylic acid groups (broad SMARTS) is 1. The number of carbonyl (C=O) groups excluding carboxylic acids is 3. The van der Waals surface area contributed by atoms with E-state index in [1.54, 1.807) is 12.1 Å². The molecular weight excluding hydrogens is 538 g/mol. The van der Waals surface area contributed by atoms with Crippen LogP contribution in [-0.2, 0) is 40.5 Å². The van der Waals surface area contributed by atoms with Crippen molar-refractivity contribution in [2.45, 2.75) is 80.8 Å². The van der Waals surface area contributed by atoms with Crippen LogP contribution >= 0.6 is 0 Å². The third-order valence-electron chi connectivity index (χ3n) is 8.85. The first kappa shape index (κ1) is 28.8. The Hall–Kier alpha value is -3.68. The predicted molar refractivity (Wildman–Crippen MR) is 141 cm³/mol. The number of esters is 2. The lowest BCUT2D eigenvalue weighted by molar-refractivity contribution is -0.175. The maximum absolute atomic E-state index is 13.0. The van der Waals surface area contributed by atoms with Crippen LogP contribution in [0.1, 0.15) is 50.2 Å². The van der Waals surface area contributed by atoms with Gasteiger partial charge in [0, 0.05) is 31.0 Å². The Kier molecular flexibility index (Phi) is 7.47. The van der Waals surface area contributed by atoms with Gasteiger partial charge in [-0.15, -0.1) is 0 Å². The molecule has 0 saturated carbocycles. The highest BCUT2D eigenvalue weighted by atomic mass is 16.6. The van der Waals surface area contributed by atoms with E-state index in [0.29, 0.717) is 25.1 Å². The van der Waals surface area contributed by atoms with Crippen molar-refractivity contribution in [3.8, 4) is 11.5 Å². The fourth-order valence-corrected chi connectivity index (χ4v) is 6.77. The number of rotatable bonds is 10. The minimum absolute atomic E-state index is 0.0445. The van der Waals surface area contributed by atoms with Gasteiger partial charge in [0.1, 0.15) is 5.76 Å². The molecule has 5 rings (SSSR count). The van der Waals surface area contributed by atoms with Crippen LogP contribution in [0.5, 0.6) is 11.5 Å². The molecule has 1 aromatic rings. The number of phenols is 1. The van der Waals surface area contributed by atoms with E-state index in [4.69, 9.17) is 25.1 Å². The summed E-state index contributed by atoms with van der Waals surface area (Å²) in [6.07, 6.45) is 0.286. The molecule has 6 atom stereocenters. The Balaban J connectivity index is 1.23. The van der Waals surface area contributed by atoms with E-state index < -0.39 is 53.1 Å². The molecule has 6 N–H and O–H groups in total. The second-order valence-electron chi connectivity index (χ2n) is 11.2. The summed E-state index contributed by atoms with van der Waals surface area (Å²) in [5, 5.41) is 33.9. The van der Waals surface area contributed by atoms with Gasteiger partial charge in [-0.2, -0.15) is 0 Å². The highest BCUT2D eigenvalue weighted by Gasteiger charge is 2.72. The van der Waals surface area contributed by atoms with Crippen molar-refractivity contribution in [2.24, 2.45) is 5.73 Å². The Morgan fingerprint density at radius 2 is 2.02 bits per heavy atom. The zero-order chi connectivity index (χ0) is 29.7. The summed E-state index contributed by atoms with van der Waals surface area (Å²) < 4.78 is 17.1. The van der Waals surface area contributed by atoms with Gasteiger partial charge in [0.2, 0.25) is 5.91 Å². The van der Waals surface area contributed by atoms with Gasteiger partial charge < -0.3 is 45.5 Å². The van der Waals surface area contributed by atoms with Crippen LogP contribution in [0.4, 0.5) is 0 Å². The molecule has 1 spiro atoms. The van der Waals surface area contributed by atoms with Gasteiger partial charge in [-0.3, -0.25) is 14.4 Å². The summed E-state index contributed by atoms with van der Waals surface area (Å²) in [5.74, 6) is -2.83. The van der Waals surface area contributed by atoms with Crippen LogP contribution in [0.25, 0.3) is 0 Å². The highest BCUT2D eigenvalue weighted by Crippen LogP contribution is 2.65. The summed E-state index contributed by atoms with van der Waals surface area (Å²) >= 11 is 0. The number of carbonyl (C=O) groups is 4. The summed E-state index contributed by atoms with van der Waals surface area (Å²) in [4.78, 5) is 50.0. The molecule has 2 aliphatic heterocycles. The number of nitrogens with two attached hydrogens (primary N) is 1. The molecule has 1 fully saturated rings. The van der Waals surface area contributed by atoms with Crippen molar-refractivity contribution in [2.75, 3.05) is 20.1 Å². The van der Waals surface area contributed by atoms with Gasteiger partial charge in [-0.05, 0) is 57.5 Å². The molecule has 0 radical (unpaired) electrons. The van der Waals surface area contributed by atoms with Gasteiger partial charge in [0.15, 0.2) is 23.7 Å². The number of aliphatic carboxylic acids is 1. The van der Waals surface area contributed by atoms with Crippen LogP contribution < -0.4 is 15.8 Å². The number of nitrogens with zero attached hydrogens (tertiary/aromatic N) is 1. The van der Waals surface area contributed by atoms with E-state index in [1.807, 2.05) is 13.1 Å². The average molecular weight is 574 g/mol. The number of aromatic hydroxyl groups is 1. The first-order chi connectivity index (χ1) is 19.4. The van der Waals surface area contributed by atoms with Crippen molar-refractivity contribution < 1.29 is 48.7 Å². The van der Waals surface area contributed by atoms with E-state index in [1.165, 1.54) is 6.92 Å². The van der Waals surface area contributed by atoms with Crippen molar-refractivity contribution in [3.05, 3.63) is 35.1 Å². The van der Waals surface area contributed by atoms with E-state index >= 15 is 0 Å². The fraction of sp³-hybridized carbons (Fsp3) is 0.571. The number of phenolic OH excluding ortho intramolecular Hbond substituents is 1. The van der Waals surface area contributed by atoms with E-state index in [-0.39, 0.29) is 49.8 Å². The molecule has 1 aromatic carbocycles. The monoisotopic (exact) mass is 573 g/mol. The molecule has 4 aliphatic rings. The molecule has 2 aliphatic carbocycles. The Bertz CT molecular complexity index is 1310. The minimum atomic E-state index is -1.28. The van der Waals surface area contributed by atoms with Gasteiger partial charge in [0.05, 0.1) is 23.5 Å². The summed E-state index contributed by atoms with van der Waals surface area (Å²) in [5.41, 5.74) is 5.25. The van der Waals surface area contributed by atoms with Crippen LogP contribution in [-0.4, -0.2) is 94.1 Å². The smallest absolute Gasteiger partial charge is 0.352 e. The molecule has 222 valence electrons. The van der Waals surface area contributed by atoms with Gasteiger partial charge >= 0.3 is 17.9 Å². The molecule has 41 heavy (non-hydrogen) atoms. The van der Waals surface area contributed by atoms with Gasteiger partial charge in [-0.1, -0.05) is 6.07 Å². The second kappa shape index (κ2) is 10.6. The highest BCUT2D eigenvalue weighted by molar-refractivity contribution is 5.83.